The van der Waals surface area contributed by atoms with Crippen LogP contribution in [0, 0.1) is 11.8 Å². The maximum atomic E-state index is 6.27. The lowest BCUT2D eigenvalue weighted by Gasteiger charge is -2.23. The van der Waals surface area contributed by atoms with E-state index in [0.29, 0.717) is 64.7 Å². The number of hydrogen-bond donors (Lipinski definition) is 0. The van der Waals surface area contributed by atoms with Crippen molar-refractivity contribution in [2.45, 2.75) is 40.5 Å². The fraction of sp³-hybridized carbons (Fsp3) is 0.562. The SMILES string of the molecule is COc1cc2c(CC(C)C)c3cc4c(cc3c(CC(C)C)c2cc1OC)OCCOCCOCCOCCO4. The van der Waals surface area contributed by atoms with Crippen LogP contribution < -0.4 is 18.9 Å². The van der Waals surface area contributed by atoms with Crippen LogP contribution in [0.4, 0.5) is 0 Å². The van der Waals surface area contributed by atoms with Crippen LogP contribution in [0.25, 0.3) is 21.5 Å². The average Bonchev–Trinajstić information content (AvgIpc) is 2.92. The molecule has 0 radical (unpaired) electrons. The molecule has 0 fully saturated rings. The fourth-order valence-corrected chi connectivity index (χ4v) is 5.17. The third-order valence-corrected chi connectivity index (χ3v) is 6.85. The molecule has 0 amide bonds. The Morgan fingerprint density at radius 2 is 0.872 bits per heavy atom. The first-order valence-electron chi connectivity index (χ1n) is 14.1. The van der Waals surface area contributed by atoms with Crippen molar-refractivity contribution in [2.75, 3.05) is 67.1 Å². The van der Waals surface area contributed by atoms with E-state index in [0.717, 1.165) is 35.8 Å². The summed E-state index contributed by atoms with van der Waals surface area (Å²) in [5, 5.41) is 4.76. The molecule has 3 aromatic rings. The van der Waals surface area contributed by atoms with E-state index in [1.807, 2.05) is 0 Å². The van der Waals surface area contributed by atoms with E-state index in [1.165, 1.54) is 32.7 Å². The van der Waals surface area contributed by atoms with Crippen LogP contribution in [0.2, 0.25) is 0 Å². The molecule has 1 heterocycles. The lowest BCUT2D eigenvalue weighted by Crippen LogP contribution is -2.13. The van der Waals surface area contributed by atoms with Gasteiger partial charge in [0.15, 0.2) is 23.0 Å². The summed E-state index contributed by atoms with van der Waals surface area (Å²) in [5.74, 6) is 3.83. The molecular weight excluding hydrogens is 496 g/mol. The third kappa shape index (κ3) is 7.27. The second kappa shape index (κ2) is 14.1. The van der Waals surface area contributed by atoms with Gasteiger partial charge < -0.3 is 33.2 Å². The summed E-state index contributed by atoms with van der Waals surface area (Å²) < 4.78 is 40.9. The molecule has 3 aromatic carbocycles. The summed E-state index contributed by atoms with van der Waals surface area (Å²) in [4.78, 5) is 0. The Balaban J connectivity index is 1.94. The summed E-state index contributed by atoms with van der Waals surface area (Å²) in [7, 11) is 3.38. The number of ether oxygens (including phenoxy) is 7. The van der Waals surface area contributed by atoms with Gasteiger partial charge in [-0.25, -0.2) is 0 Å². The Kier molecular flexibility index (Phi) is 10.5. The van der Waals surface area contributed by atoms with E-state index in [1.54, 1.807) is 14.2 Å². The Morgan fingerprint density at radius 3 is 1.21 bits per heavy atom. The van der Waals surface area contributed by atoms with Gasteiger partial charge in [-0.1, -0.05) is 27.7 Å². The van der Waals surface area contributed by atoms with Crippen LogP contribution in [-0.2, 0) is 27.1 Å². The first kappa shape index (κ1) is 29.2. The number of methoxy groups -OCH3 is 2. The minimum Gasteiger partial charge on any atom is -0.493 e. The highest BCUT2D eigenvalue weighted by atomic mass is 16.6. The largest absolute Gasteiger partial charge is 0.493 e. The second-order valence-electron chi connectivity index (χ2n) is 10.8. The number of rotatable bonds is 6. The highest BCUT2D eigenvalue weighted by Gasteiger charge is 2.21. The Labute approximate surface area is 232 Å². The van der Waals surface area contributed by atoms with E-state index >= 15 is 0 Å². The second-order valence-corrected chi connectivity index (χ2v) is 10.8. The number of fused-ring (bicyclic) bond motifs is 3. The smallest absolute Gasteiger partial charge is 0.161 e. The van der Waals surface area contributed by atoms with Gasteiger partial charge in [-0.15, -0.1) is 0 Å². The summed E-state index contributed by atoms with van der Waals surface area (Å²) in [6.45, 7) is 13.0. The van der Waals surface area contributed by atoms with E-state index in [-0.39, 0.29) is 0 Å². The van der Waals surface area contributed by atoms with E-state index < -0.39 is 0 Å². The fourth-order valence-electron chi connectivity index (χ4n) is 5.17. The van der Waals surface area contributed by atoms with Crippen molar-refractivity contribution in [3.05, 3.63) is 35.4 Å². The van der Waals surface area contributed by atoms with Crippen LogP contribution in [0.5, 0.6) is 23.0 Å². The predicted molar refractivity (Wildman–Crippen MR) is 155 cm³/mol. The van der Waals surface area contributed by atoms with Crippen molar-refractivity contribution in [2.24, 2.45) is 11.8 Å². The topological polar surface area (TPSA) is 64.6 Å². The summed E-state index contributed by atoms with van der Waals surface area (Å²) in [5.41, 5.74) is 2.56. The summed E-state index contributed by atoms with van der Waals surface area (Å²) in [6.07, 6.45) is 1.84. The first-order chi connectivity index (χ1) is 18.9. The highest BCUT2D eigenvalue weighted by molar-refractivity contribution is 6.08. The van der Waals surface area contributed by atoms with E-state index in [4.69, 9.17) is 33.2 Å². The predicted octanol–water partition coefficient (Wildman–Crippen LogP) is 6.23. The maximum Gasteiger partial charge on any atom is 0.161 e. The molecular formula is C32H44O7. The Hall–Kier alpha value is -2.74. The minimum absolute atomic E-state index is 0.426. The van der Waals surface area contributed by atoms with Gasteiger partial charge in [0.05, 0.1) is 53.9 Å². The Bertz CT molecular complexity index is 1140. The van der Waals surface area contributed by atoms with E-state index in [2.05, 4.69) is 52.0 Å². The molecule has 214 valence electrons. The molecule has 4 rings (SSSR count). The van der Waals surface area contributed by atoms with Crippen molar-refractivity contribution < 1.29 is 33.2 Å². The van der Waals surface area contributed by atoms with Crippen LogP contribution in [0.3, 0.4) is 0 Å². The monoisotopic (exact) mass is 540 g/mol. The van der Waals surface area contributed by atoms with Crippen LogP contribution in [-0.4, -0.2) is 67.1 Å². The van der Waals surface area contributed by atoms with Crippen molar-refractivity contribution >= 4 is 21.5 Å². The molecule has 39 heavy (non-hydrogen) atoms. The zero-order valence-electron chi connectivity index (χ0n) is 24.4. The van der Waals surface area contributed by atoms with Gasteiger partial charge in [0, 0.05) is 0 Å². The number of hydrogen-bond acceptors (Lipinski definition) is 7. The van der Waals surface area contributed by atoms with Gasteiger partial charge in [-0.05, 0) is 81.6 Å². The summed E-state index contributed by atoms with van der Waals surface area (Å²) in [6, 6.07) is 8.58. The van der Waals surface area contributed by atoms with Crippen molar-refractivity contribution in [1.29, 1.82) is 0 Å². The molecule has 0 saturated heterocycles. The molecule has 0 saturated carbocycles. The average molecular weight is 541 g/mol. The molecule has 1 aliphatic rings. The van der Waals surface area contributed by atoms with Crippen LogP contribution in [0.15, 0.2) is 24.3 Å². The van der Waals surface area contributed by atoms with Gasteiger partial charge >= 0.3 is 0 Å². The van der Waals surface area contributed by atoms with Crippen molar-refractivity contribution in [1.82, 2.24) is 0 Å². The van der Waals surface area contributed by atoms with Gasteiger partial charge in [0.2, 0.25) is 0 Å². The van der Waals surface area contributed by atoms with Crippen molar-refractivity contribution in [3.8, 4) is 23.0 Å². The summed E-state index contributed by atoms with van der Waals surface area (Å²) >= 11 is 0. The molecule has 0 unspecified atom stereocenters. The quantitative estimate of drug-likeness (QED) is 0.344. The lowest BCUT2D eigenvalue weighted by molar-refractivity contribution is 0.00708. The normalized spacial score (nSPS) is 15.9. The zero-order valence-corrected chi connectivity index (χ0v) is 24.4. The Morgan fingerprint density at radius 1 is 0.538 bits per heavy atom. The maximum absolute atomic E-state index is 6.27. The molecule has 0 aromatic heterocycles. The lowest BCUT2D eigenvalue weighted by atomic mass is 9.85. The van der Waals surface area contributed by atoms with E-state index in [9.17, 15) is 0 Å². The number of benzene rings is 3. The molecule has 7 heteroatoms. The van der Waals surface area contributed by atoms with Gasteiger partial charge in [0.25, 0.3) is 0 Å². The molecule has 0 spiro atoms. The molecule has 0 N–H and O–H groups in total. The molecule has 0 aliphatic carbocycles. The molecule has 0 bridgehead atoms. The van der Waals surface area contributed by atoms with Gasteiger partial charge in [-0.3, -0.25) is 0 Å². The molecule has 7 nitrogen and oxygen atoms in total. The van der Waals surface area contributed by atoms with Crippen molar-refractivity contribution in [3.63, 3.8) is 0 Å². The molecule has 1 aliphatic heterocycles. The van der Waals surface area contributed by atoms with Gasteiger partial charge in [0.1, 0.15) is 13.2 Å². The van der Waals surface area contributed by atoms with Gasteiger partial charge in [-0.2, -0.15) is 0 Å². The van der Waals surface area contributed by atoms with Crippen LogP contribution >= 0.6 is 0 Å². The van der Waals surface area contributed by atoms with Crippen LogP contribution in [0.1, 0.15) is 38.8 Å². The first-order valence-corrected chi connectivity index (χ1v) is 14.1. The highest BCUT2D eigenvalue weighted by Crippen LogP contribution is 2.44. The standard InChI is InChI=1S/C32H44O7/c1-21(2)15-23-25-17-29(33-5)30(34-6)18-26(25)24(16-22(3)4)28-20-32-31(19-27(23)28)38-13-11-36-9-7-35-8-10-37-12-14-39-32/h17-22H,7-16H2,1-6H3. The third-order valence-electron chi connectivity index (χ3n) is 6.85. The minimum atomic E-state index is 0.426. The molecule has 0 atom stereocenters. The zero-order chi connectivity index (χ0) is 27.8.